The van der Waals surface area contributed by atoms with E-state index in [-0.39, 0.29) is 5.56 Å². The van der Waals surface area contributed by atoms with Gasteiger partial charge in [0.25, 0.3) is 5.56 Å². The Morgan fingerprint density at radius 3 is 2.62 bits per heavy atom. The van der Waals surface area contributed by atoms with Gasteiger partial charge >= 0.3 is 12.0 Å². The zero-order valence-corrected chi connectivity index (χ0v) is 16.7. The summed E-state index contributed by atoms with van der Waals surface area (Å²) in [5, 5.41) is 27.3. The Bertz CT molecular complexity index is 1250. The van der Waals surface area contributed by atoms with Crippen LogP contribution in [-0.2, 0) is 11.8 Å². The van der Waals surface area contributed by atoms with E-state index >= 15 is 0 Å². The van der Waals surface area contributed by atoms with E-state index in [9.17, 15) is 33.4 Å². The summed E-state index contributed by atoms with van der Waals surface area (Å²) in [7, 11) is 1.32. The summed E-state index contributed by atoms with van der Waals surface area (Å²) in [4.78, 5) is 35.8. The zero-order chi connectivity index (χ0) is 23.4. The number of aromatic nitrogens is 2. The molecule has 9 nitrogen and oxygen atoms in total. The molecule has 2 aromatic carbocycles. The third kappa shape index (κ3) is 5.06. The minimum absolute atomic E-state index is 0.0944. The number of hydrogen-bond donors (Lipinski definition) is 4. The van der Waals surface area contributed by atoms with Crippen molar-refractivity contribution in [2.45, 2.75) is 12.5 Å². The molecule has 0 radical (unpaired) electrons. The number of hydrogen-bond acceptors (Lipinski definition) is 5. The number of carbonyl (C=O) groups excluding carboxylic acids is 1. The lowest BCUT2D eigenvalue weighted by Gasteiger charge is -2.19. The van der Waals surface area contributed by atoms with Crippen LogP contribution in [0, 0.1) is 11.6 Å². The zero-order valence-electron chi connectivity index (χ0n) is 16.7. The third-order valence-electron chi connectivity index (χ3n) is 4.57. The lowest BCUT2D eigenvalue weighted by atomic mass is 9.97. The number of aromatic hydroxyl groups is 1. The SMILES string of the molecule is Cn1ncc(O)c(NC(=O)N[C@@H](CC(=O)O)c2cccc(-c3ccc(F)cc3F)c2)c1=O. The summed E-state index contributed by atoms with van der Waals surface area (Å²) in [5.74, 6) is -3.33. The second-order valence-corrected chi connectivity index (χ2v) is 6.83. The maximum Gasteiger partial charge on any atom is 0.319 e. The molecule has 3 aromatic rings. The average Bonchev–Trinajstić information content (AvgIpc) is 2.73. The number of nitrogens with zero attached hydrogens (tertiary/aromatic N) is 2. The van der Waals surface area contributed by atoms with E-state index < -0.39 is 53.1 Å². The number of nitrogens with one attached hydrogen (secondary N) is 2. The van der Waals surface area contributed by atoms with E-state index in [1.807, 2.05) is 0 Å². The van der Waals surface area contributed by atoms with Gasteiger partial charge in [-0.1, -0.05) is 18.2 Å². The van der Waals surface area contributed by atoms with E-state index in [2.05, 4.69) is 15.7 Å². The van der Waals surface area contributed by atoms with Gasteiger partial charge in [0.15, 0.2) is 11.4 Å². The highest BCUT2D eigenvalue weighted by molar-refractivity contribution is 5.91. The van der Waals surface area contributed by atoms with Crippen LogP contribution in [-0.4, -0.2) is 32.0 Å². The summed E-state index contributed by atoms with van der Waals surface area (Å²) < 4.78 is 28.3. The molecule has 0 aliphatic rings. The molecule has 0 unspecified atom stereocenters. The second kappa shape index (κ2) is 9.25. The highest BCUT2D eigenvalue weighted by Crippen LogP contribution is 2.27. The van der Waals surface area contributed by atoms with E-state index in [4.69, 9.17) is 0 Å². The molecule has 1 atom stereocenters. The van der Waals surface area contributed by atoms with Crippen LogP contribution in [0.25, 0.3) is 11.1 Å². The topological polar surface area (TPSA) is 134 Å². The molecule has 0 fully saturated rings. The molecule has 11 heteroatoms. The highest BCUT2D eigenvalue weighted by atomic mass is 19.1. The van der Waals surface area contributed by atoms with Crippen molar-refractivity contribution in [2.75, 3.05) is 5.32 Å². The molecule has 0 saturated carbocycles. The van der Waals surface area contributed by atoms with Crippen LogP contribution >= 0.6 is 0 Å². The van der Waals surface area contributed by atoms with Crippen LogP contribution in [0.5, 0.6) is 5.75 Å². The van der Waals surface area contributed by atoms with Gasteiger partial charge in [0.2, 0.25) is 0 Å². The van der Waals surface area contributed by atoms with E-state index in [1.54, 1.807) is 6.07 Å². The number of benzene rings is 2. The normalized spacial score (nSPS) is 11.6. The van der Waals surface area contributed by atoms with Crippen LogP contribution < -0.4 is 16.2 Å². The fourth-order valence-corrected chi connectivity index (χ4v) is 3.03. The first kappa shape index (κ1) is 22.4. The number of carboxylic acids is 1. The van der Waals surface area contributed by atoms with Gasteiger partial charge < -0.3 is 15.5 Å². The number of halogens is 2. The summed E-state index contributed by atoms with van der Waals surface area (Å²) >= 11 is 0. The smallest absolute Gasteiger partial charge is 0.319 e. The number of aliphatic carboxylic acids is 1. The third-order valence-corrected chi connectivity index (χ3v) is 4.57. The lowest BCUT2D eigenvalue weighted by molar-refractivity contribution is -0.137. The van der Waals surface area contributed by atoms with Crippen LogP contribution in [0.3, 0.4) is 0 Å². The number of carbonyl (C=O) groups is 2. The Hall–Kier alpha value is -4.28. The molecule has 1 heterocycles. The van der Waals surface area contributed by atoms with E-state index in [0.29, 0.717) is 11.1 Å². The van der Waals surface area contributed by atoms with Gasteiger partial charge in [-0.25, -0.2) is 18.3 Å². The van der Waals surface area contributed by atoms with Crippen LogP contribution in [0.1, 0.15) is 18.0 Å². The Morgan fingerprint density at radius 1 is 1.19 bits per heavy atom. The molecule has 0 aliphatic carbocycles. The molecule has 2 amide bonds. The summed E-state index contributed by atoms with van der Waals surface area (Å²) in [6.07, 6.45) is 0.440. The summed E-state index contributed by atoms with van der Waals surface area (Å²) in [6.45, 7) is 0. The average molecular weight is 444 g/mol. The number of rotatable bonds is 6. The number of anilines is 1. The molecular weight excluding hydrogens is 426 g/mol. The largest absolute Gasteiger partial charge is 0.504 e. The van der Waals surface area contributed by atoms with Crippen molar-refractivity contribution in [1.29, 1.82) is 0 Å². The molecule has 0 aliphatic heterocycles. The van der Waals surface area contributed by atoms with Crippen LogP contribution in [0.4, 0.5) is 19.3 Å². The van der Waals surface area contributed by atoms with Crippen molar-refractivity contribution < 1.29 is 28.6 Å². The number of urea groups is 1. The monoisotopic (exact) mass is 444 g/mol. The fourth-order valence-electron chi connectivity index (χ4n) is 3.03. The van der Waals surface area contributed by atoms with Crippen molar-refractivity contribution >= 4 is 17.7 Å². The van der Waals surface area contributed by atoms with E-state index in [1.165, 1.54) is 31.3 Å². The van der Waals surface area contributed by atoms with Gasteiger partial charge in [0.1, 0.15) is 11.6 Å². The Balaban J connectivity index is 1.89. The maximum atomic E-state index is 14.2. The van der Waals surface area contributed by atoms with Gasteiger partial charge in [-0.15, -0.1) is 0 Å². The molecule has 32 heavy (non-hydrogen) atoms. The lowest BCUT2D eigenvalue weighted by Crippen LogP contribution is -2.36. The molecule has 0 saturated heterocycles. The molecule has 4 N–H and O–H groups in total. The van der Waals surface area contributed by atoms with Crippen LogP contribution in [0.15, 0.2) is 53.5 Å². The molecule has 0 spiro atoms. The minimum Gasteiger partial charge on any atom is -0.504 e. The first-order chi connectivity index (χ1) is 15.2. The van der Waals surface area contributed by atoms with Gasteiger partial charge in [0, 0.05) is 18.7 Å². The van der Waals surface area contributed by atoms with Crippen LogP contribution in [0.2, 0.25) is 0 Å². The molecule has 1 aromatic heterocycles. The first-order valence-corrected chi connectivity index (χ1v) is 9.25. The van der Waals surface area contributed by atoms with E-state index in [0.717, 1.165) is 23.0 Å². The van der Waals surface area contributed by atoms with Crippen molar-refractivity contribution in [3.63, 3.8) is 0 Å². The molecule has 3 rings (SSSR count). The Kier molecular flexibility index (Phi) is 6.47. The molecular formula is C21H18F2N4O5. The highest BCUT2D eigenvalue weighted by Gasteiger charge is 2.21. The second-order valence-electron chi connectivity index (χ2n) is 6.83. The molecule has 166 valence electrons. The summed E-state index contributed by atoms with van der Waals surface area (Å²) in [6, 6.07) is 7.13. The maximum absolute atomic E-state index is 14.2. The Labute approximate surface area is 179 Å². The number of carboxylic acid groups (broad SMARTS) is 1. The van der Waals surface area contributed by atoms with Crippen molar-refractivity contribution in [3.8, 4) is 16.9 Å². The van der Waals surface area contributed by atoms with Crippen molar-refractivity contribution in [2.24, 2.45) is 7.05 Å². The number of amides is 2. The first-order valence-electron chi connectivity index (χ1n) is 9.25. The molecule has 0 bridgehead atoms. The van der Waals surface area contributed by atoms with Gasteiger partial charge in [-0.3, -0.25) is 14.9 Å². The van der Waals surface area contributed by atoms with Crippen molar-refractivity contribution in [3.05, 3.63) is 76.2 Å². The predicted octanol–water partition coefficient (Wildman–Crippen LogP) is 2.77. The standard InChI is InChI=1S/C21H18F2N4O5/c1-27-20(31)19(17(28)10-24-27)26-21(32)25-16(9-18(29)30)12-4-2-3-11(7-12)14-6-5-13(22)8-15(14)23/h2-8,10,16,28H,9H2,1H3,(H,29,30)(H2,25,26,32)/t16-/m0/s1. The van der Waals surface area contributed by atoms with Gasteiger partial charge in [-0.05, 0) is 29.3 Å². The fraction of sp³-hybridized carbons (Fsp3) is 0.143. The summed E-state index contributed by atoms with van der Waals surface area (Å²) in [5.41, 5.74) is -0.439. The van der Waals surface area contributed by atoms with Crippen molar-refractivity contribution in [1.82, 2.24) is 15.1 Å². The van der Waals surface area contributed by atoms with Gasteiger partial charge in [0.05, 0.1) is 18.7 Å². The quantitative estimate of drug-likeness (QED) is 0.462. The predicted molar refractivity (Wildman–Crippen MR) is 110 cm³/mol. The Morgan fingerprint density at radius 2 is 1.94 bits per heavy atom. The van der Waals surface area contributed by atoms with Gasteiger partial charge in [-0.2, -0.15) is 5.10 Å². The minimum atomic E-state index is -1.23. The number of aryl methyl sites for hydroxylation is 1.